The first-order chi connectivity index (χ1) is 6.07. The molecule has 0 radical (unpaired) electrons. The fourth-order valence-electron chi connectivity index (χ4n) is 0.860. The molecular weight excluding hydrogens is 190 g/mol. The summed E-state index contributed by atoms with van der Waals surface area (Å²) in [5.41, 5.74) is -1.15. The number of pyridine rings is 1. The third-order valence-electron chi connectivity index (χ3n) is 1.40. The fourth-order valence-corrected chi connectivity index (χ4v) is 0.860. The minimum atomic E-state index is -3.15. The van der Waals surface area contributed by atoms with Crippen molar-refractivity contribution in [1.29, 1.82) is 0 Å². The molecule has 0 unspecified atom stereocenters. The molecule has 0 fully saturated rings. The van der Waals surface area contributed by atoms with Crippen molar-refractivity contribution in [1.82, 2.24) is 4.98 Å². The molecule has 72 valence electrons. The molecule has 0 aliphatic carbocycles. The van der Waals surface area contributed by atoms with E-state index in [4.69, 9.17) is 0 Å². The topological polar surface area (TPSA) is 22.1 Å². The zero-order valence-electron chi connectivity index (χ0n) is 6.52. The van der Waals surface area contributed by atoms with Gasteiger partial charge in [0.25, 0.3) is 6.43 Å². The lowest BCUT2D eigenvalue weighted by Gasteiger charge is -2.07. The number of nitrogens with zero attached hydrogens (tertiary/aromatic N) is 1. The molecule has 0 saturated heterocycles. The summed E-state index contributed by atoms with van der Waals surface area (Å²) in [7, 11) is 0.976. The monoisotopic (exact) mass is 195 g/mol. The van der Waals surface area contributed by atoms with Crippen molar-refractivity contribution >= 4 is 0 Å². The normalized spacial score (nSPS) is 10.6. The first kappa shape index (κ1) is 9.76. The van der Waals surface area contributed by atoms with E-state index in [-0.39, 0.29) is 0 Å². The Labute approximate surface area is 71.2 Å². The van der Waals surface area contributed by atoms with E-state index in [9.17, 15) is 17.6 Å². The largest absolute Gasteiger partial charge is 0.493 e. The van der Waals surface area contributed by atoms with Crippen molar-refractivity contribution in [3.63, 3.8) is 0 Å². The second-order valence-electron chi connectivity index (χ2n) is 2.14. The van der Waals surface area contributed by atoms with Gasteiger partial charge >= 0.3 is 0 Å². The van der Waals surface area contributed by atoms with E-state index in [2.05, 4.69) is 9.72 Å². The Morgan fingerprint density at radius 3 is 2.38 bits per heavy atom. The third-order valence-corrected chi connectivity index (χ3v) is 1.40. The molecule has 1 aromatic heterocycles. The quantitative estimate of drug-likeness (QED) is 0.533. The Bertz CT molecular complexity index is 316. The van der Waals surface area contributed by atoms with Gasteiger partial charge in [-0.3, -0.25) is 0 Å². The van der Waals surface area contributed by atoms with Crippen LogP contribution in [0, 0.1) is 11.8 Å². The van der Waals surface area contributed by atoms with E-state index in [0.717, 1.165) is 7.11 Å². The van der Waals surface area contributed by atoms with Crippen molar-refractivity contribution in [2.45, 2.75) is 6.43 Å². The van der Waals surface area contributed by atoms with Gasteiger partial charge in [-0.25, -0.2) is 18.2 Å². The van der Waals surface area contributed by atoms with Crippen LogP contribution >= 0.6 is 0 Å². The van der Waals surface area contributed by atoms with Gasteiger partial charge in [-0.1, -0.05) is 0 Å². The van der Waals surface area contributed by atoms with Gasteiger partial charge in [-0.15, -0.1) is 0 Å². The SMILES string of the molecule is COc1c(F)cnc(F)c1C(F)F. The van der Waals surface area contributed by atoms with E-state index in [0.29, 0.717) is 6.20 Å². The maximum absolute atomic E-state index is 12.7. The molecule has 0 atom stereocenters. The lowest BCUT2D eigenvalue weighted by atomic mass is 10.2. The van der Waals surface area contributed by atoms with Gasteiger partial charge in [-0.05, 0) is 0 Å². The average Bonchev–Trinajstić information content (AvgIpc) is 2.07. The van der Waals surface area contributed by atoms with Crippen LogP contribution in [0.4, 0.5) is 17.6 Å². The number of hydrogen-bond acceptors (Lipinski definition) is 2. The molecule has 0 spiro atoms. The predicted molar refractivity (Wildman–Crippen MR) is 35.7 cm³/mol. The molecule has 2 nitrogen and oxygen atoms in total. The van der Waals surface area contributed by atoms with Gasteiger partial charge in [-0.2, -0.15) is 4.39 Å². The van der Waals surface area contributed by atoms with Gasteiger partial charge in [0, 0.05) is 0 Å². The third kappa shape index (κ3) is 1.71. The Kier molecular flexibility index (Phi) is 2.69. The van der Waals surface area contributed by atoms with Crippen LogP contribution in [-0.4, -0.2) is 12.1 Å². The van der Waals surface area contributed by atoms with Gasteiger partial charge in [0.05, 0.1) is 13.3 Å². The molecule has 13 heavy (non-hydrogen) atoms. The number of halogens is 4. The number of ether oxygens (including phenoxy) is 1. The smallest absolute Gasteiger partial charge is 0.271 e. The molecule has 6 heteroatoms. The van der Waals surface area contributed by atoms with Crippen molar-refractivity contribution in [3.8, 4) is 5.75 Å². The predicted octanol–water partition coefficient (Wildman–Crippen LogP) is 2.31. The summed E-state index contributed by atoms with van der Waals surface area (Å²) >= 11 is 0. The lowest BCUT2D eigenvalue weighted by Crippen LogP contribution is -2.01. The van der Waals surface area contributed by atoms with Crippen molar-refractivity contribution in [3.05, 3.63) is 23.5 Å². The molecule has 0 amide bonds. The lowest BCUT2D eigenvalue weighted by molar-refractivity contribution is 0.139. The molecule has 1 aromatic rings. The summed E-state index contributed by atoms with van der Waals surface area (Å²) in [4.78, 5) is 2.81. The number of aromatic nitrogens is 1. The number of alkyl halides is 2. The highest BCUT2D eigenvalue weighted by atomic mass is 19.3. The van der Waals surface area contributed by atoms with Crippen LogP contribution in [0.25, 0.3) is 0 Å². The second-order valence-corrected chi connectivity index (χ2v) is 2.14. The molecule has 1 rings (SSSR count). The molecule has 1 heterocycles. The van der Waals surface area contributed by atoms with E-state index in [1.54, 1.807) is 0 Å². The number of methoxy groups -OCH3 is 1. The fraction of sp³-hybridized carbons (Fsp3) is 0.286. The highest BCUT2D eigenvalue weighted by Crippen LogP contribution is 2.32. The van der Waals surface area contributed by atoms with Crippen molar-refractivity contribution < 1.29 is 22.3 Å². The molecule has 0 aliphatic rings. The first-order valence-electron chi connectivity index (χ1n) is 3.24. The van der Waals surface area contributed by atoms with Crippen LogP contribution in [0.2, 0.25) is 0 Å². The van der Waals surface area contributed by atoms with E-state index in [1.165, 1.54) is 0 Å². The molecule has 0 saturated carbocycles. The van der Waals surface area contributed by atoms with Gasteiger partial charge in [0.2, 0.25) is 5.95 Å². The maximum atomic E-state index is 12.7. The zero-order valence-corrected chi connectivity index (χ0v) is 6.52. The van der Waals surface area contributed by atoms with Gasteiger partial charge < -0.3 is 4.74 Å². The summed E-state index contributed by atoms with van der Waals surface area (Å²) in [5.74, 6) is -3.34. The minimum Gasteiger partial charge on any atom is -0.493 e. The molecular formula is C7H5F4NO. The first-order valence-corrected chi connectivity index (χ1v) is 3.24. The summed E-state index contributed by atoms with van der Waals surface area (Å²) in [6, 6.07) is 0. The van der Waals surface area contributed by atoms with E-state index < -0.39 is 29.5 Å². The van der Waals surface area contributed by atoms with Crippen LogP contribution in [-0.2, 0) is 0 Å². The van der Waals surface area contributed by atoms with Gasteiger partial charge in [0.15, 0.2) is 11.6 Å². The van der Waals surface area contributed by atoms with Crippen LogP contribution in [0.15, 0.2) is 6.20 Å². The molecule has 0 aliphatic heterocycles. The van der Waals surface area contributed by atoms with Crippen LogP contribution < -0.4 is 4.74 Å². The Hall–Kier alpha value is -1.33. The molecule has 0 bridgehead atoms. The second kappa shape index (κ2) is 3.59. The summed E-state index contributed by atoms with van der Waals surface area (Å²) in [6.07, 6.45) is -2.67. The summed E-state index contributed by atoms with van der Waals surface area (Å²) < 4.78 is 53.9. The number of rotatable bonds is 2. The highest BCUT2D eigenvalue weighted by molar-refractivity contribution is 5.33. The van der Waals surface area contributed by atoms with Crippen LogP contribution in [0.3, 0.4) is 0 Å². The van der Waals surface area contributed by atoms with Crippen LogP contribution in [0.5, 0.6) is 5.75 Å². The Balaban J connectivity index is 3.35. The average molecular weight is 195 g/mol. The standard InChI is InChI=1S/C7H5F4NO/c1-13-5-3(8)2-12-7(11)4(5)6(9)10/h2,6H,1H3. The minimum absolute atomic E-state index is 0.486. The summed E-state index contributed by atoms with van der Waals surface area (Å²) in [6.45, 7) is 0. The Morgan fingerprint density at radius 1 is 1.38 bits per heavy atom. The maximum Gasteiger partial charge on any atom is 0.271 e. The van der Waals surface area contributed by atoms with Crippen LogP contribution in [0.1, 0.15) is 12.0 Å². The van der Waals surface area contributed by atoms with Crippen molar-refractivity contribution in [2.24, 2.45) is 0 Å². The molecule has 0 N–H and O–H groups in total. The highest BCUT2D eigenvalue weighted by Gasteiger charge is 2.23. The zero-order chi connectivity index (χ0) is 10.0. The van der Waals surface area contributed by atoms with E-state index in [1.807, 2.05) is 0 Å². The summed E-state index contributed by atoms with van der Waals surface area (Å²) in [5, 5.41) is 0. The van der Waals surface area contributed by atoms with E-state index >= 15 is 0 Å². The van der Waals surface area contributed by atoms with Gasteiger partial charge in [0.1, 0.15) is 5.56 Å². The molecule has 0 aromatic carbocycles. The Morgan fingerprint density at radius 2 is 2.00 bits per heavy atom. The van der Waals surface area contributed by atoms with Crippen molar-refractivity contribution in [2.75, 3.05) is 7.11 Å². The number of hydrogen-bond donors (Lipinski definition) is 0.